The van der Waals surface area contributed by atoms with E-state index in [4.69, 9.17) is 4.74 Å². The topological polar surface area (TPSA) is 21.3 Å². The van der Waals surface area contributed by atoms with E-state index in [9.17, 15) is 0 Å². The zero-order valence-corrected chi connectivity index (χ0v) is 10.6. The van der Waals surface area contributed by atoms with Gasteiger partial charge in [0.05, 0.1) is 6.61 Å². The molecule has 0 spiro atoms. The average molecular weight is 213 g/mol. The monoisotopic (exact) mass is 213 g/mol. The van der Waals surface area contributed by atoms with Gasteiger partial charge in [-0.1, -0.05) is 26.7 Å². The lowest BCUT2D eigenvalue weighted by molar-refractivity contribution is 0.196. The Morgan fingerprint density at radius 1 is 1.33 bits per heavy atom. The van der Waals surface area contributed by atoms with Crippen molar-refractivity contribution >= 4 is 0 Å². The van der Waals surface area contributed by atoms with Gasteiger partial charge in [-0.3, -0.25) is 0 Å². The molecular weight excluding hydrogens is 186 g/mol. The summed E-state index contributed by atoms with van der Waals surface area (Å²) in [6.07, 6.45) is 7.09. The first kappa shape index (κ1) is 13.0. The molecular formula is C13H27NO. The molecule has 90 valence electrons. The predicted molar refractivity (Wildman–Crippen MR) is 65.1 cm³/mol. The fourth-order valence-electron chi connectivity index (χ4n) is 2.11. The SMILES string of the molecule is COCCNCC1(CCCC(C)C)CC1. The van der Waals surface area contributed by atoms with Crippen molar-refractivity contribution in [2.24, 2.45) is 11.3 Å². The Bertz CT molecular complexity index is 164. The van der Waals surface area contributed by atoms with E-state index in [1.165, 1.54) is 38.6 Å². The van der Waals surface area contributed by atoms with Crippen molar-refractivity contribution in [3.63, 3.8) is 0 Å². The second kappa shape index (κ2) is 6.49. The smallest absolute Gasteiger partial charge is 0.0587 e. The lowest BCUT2D eigenvalue weighted by Gasteiger charge is -2.16. The standard InChI is InChI=1S/C13H27NO/c1-12(2)5-4-6-13(7-8-13)11-14-9-10-15-3/h12,14H,4-11H2,1-3H3. The van der Waals surface area contributed by atoms with Crippen LogP contribution in [0.15, 0.2) is 0 Å². The number of rotatable bonds is 9. The molecule has 1 aliphatic carbocycles. The molecule has 1 N–H and O–H groups in total. The molecule has 1 rings (SSSR count). The van der Waals surface area contributed by atoms with E-state index in [0.29, 0.717) is 5.41 Å². The minimum absolute atomic E-state index is 0.669. The summed E-state index contributed by atoms with van der Waals surface area (Å²) in [5.41, 5.74) is 0.669. The summed E-state index contributed by atoms with van der Waals surface area (Å²) in [5.74, 6) is 0.863. The second-order valence-electron chi connectivity index (χ2n) is 5.46. The molecule has 1 fully saturated rings. The number of nitrogens with one attached hydrogen (secondary N) is 1. The van der Waals surface area contributed by atoms with Gasteiger partial charge in [0.1, 0.15) is 0 Å². The summed E-state index contributed by atoms with van der Waals surface area (Å²) >= 11 is 0. The van der Waals surface area contributed by atoms with Crippen LogP contribution in [0.2, 0.25) is 0 Å². The number of methoxy groups -OCH3 is 1. The first-order valence-corrected chi connectivity index (χ1v) is 6.38. The van der Waals surface area contributed by atoms with E-state index >= 15 is 0 Å². The second-order valence-corrected chi connectivity index (χ2v) is 5.46. The fourth-order valence-corrected chi connectivity index (χ4v) is 2.11. The number of hydrogen-bond acceptors (Lipinski definition) is 2. The summed E-state index contributed by atoms with van der Waals surface area (Å²) in [6.45, 7) is 7.67. The van der Waals surface area contributed by atoms with E-state index in [-0.39, 0.29) is 0 Å². The highest BCUT2D eigenvalue weighted by molar-refractivity contribution is 4.94. The van der Waals surface area contributed by atoms with E-state index in [1.807, 2.05) is 0 Å². The van der Waals surface area contributed by atoms with Crippen molar-refractivity contribution in [2.45, 2.75) is 46.0 Å². The third kappa shape index (κ3) is 5.53. The highest BCUT2D eigenvalue weighted by atomic mass is 16.5. The lowest BCUT2D eigenvalue weighted by Crippen LogP contribution is -2.27. The number of hydrogen-bond donors (Lipinski definition) is 1. The summed E-state index contributed by atoms with van der Waals surface area (Å²) in [7, 11) is 1.76. The average Bonchev–Trinajstić information content (AvgIpc) is 2.93. The minimum Gasteiger partial charge on any atom is -0.383 e. The normalized spacial score (nSPS) is 18.4. The molecule has 0 amide bonds. The van der Waals surface area contributed by atoms with Crippen LogP contribution in [0.5, 0.6) is 0 Å². The van der Waals surface area contributed by atoms with Gasteiger partial charge in [-0.05, 0) is 30.6 Å². The minimum atomic E-state index is 0.669. The quantitative estimate of drug-likeness (QED) is 0.595. The maximum absolute atomic E-state index is 5.03. The van der Waals surface area contributed by atoms with Gasteiger partial charge in [-0.15, -0.1) is 0 Å². The van der Waals surface area contributed by atoms with Crippen molar-refractivity contribution in [1.29, 1.82) is 0 Å². The van der Waals surface area contributed by atoms with E-state index in [1.54, 1.807) is 7.11 Å². The van der Waals surface area contributed by atoms with Crippen LogP contribution in [-0.2, 0) is 4.74 Å². The van der Waals surface area contributed by atoms with Crippen molar-refractivity contribution in [3.8, 4) is 0 Å². The zero-order chi connectivity index (χ0) is 11.1. The van der Waals surface area contributed by atoms with Gasteiger partial charge in [-0.2, -0.15) is 0 Å². The molecule has 2 heteroatoms. The van der Waals surface area contributed by atoms with Gasteiger partial charge in [0.25, 0.3) is 0 Å². The maximum Gasteiger partial charge on any atom is 0.0587 e. The van der Waals surface area contributed by atoms with E-state index in [2.05, 4.69) is 19.2 Å². The lowest BCUT2D eigenvalue weighted by atomic mass is 9.96. The molecule has 15 heavy (non-hydrogen) atoms. The van der Waals surface area contributed by atoms with Crippen molar-refractivity contribution in [3.05, 3.63) is 0 Å². The maximum atomic E-state index is 5.03. The van der Waals surface area contributed by atoms with Crippen LogP contribution in [0.4, 0.5) is 0 Å². The zero-order valence-electron chi connectivity index (χ0n) is 10.6. The summed E-state index contributed by atoms with van der Waals surface area (Å²) < 4.78 is 5.03. The molecule has 0 saturated heterocycles. The van der Waals surface area contributed by atoms with Gasteiger partial charge in [0, 0.05) is 20.2 Å². The van der Waals surface area contributed by atoms with Crippen LogP contribution >= 0.6 is 0 Å². The highest BCUT2D eigenvalue weighted by Gasteiger charge is 2.40. The fraction of sp³-hybridized carbons (Fsp3) is 1.00. The summed E-state index contributed by atoms with van der Waals surface area (Å²) in [4.78, 5) is 0. The molecule has 0 aromatic rings. The molecule has 0 heterocycles. The first-order chi connectivity index (χ1) is 7.18. The first-order valence-electron chi connectivity index (χ1n) is 6.38. The predicted octanol–water partition coefficient (Wildman–Crippen LogP) is 2.83. The molecule has 0 atom stereocenters. The highest BCUT2D eigenvalue weighted by Crippen LogP contribution is 2.49. The summed E-state index contributed by atoms with van der Waals surface area (Å²) in [6, 6.07) is 0. The Hall–Kier alpha value is -0.0800. The Kier molecular flexibility index (Phi) is 5.62. The van der Waals surface area contributed by atoms with Gasteiger partial charge >= 0.3 is 0 Å². The Labute approximate surface area is 94.8 Å². The van der Waals surface area contributed by atoms with E-state index < -0.39 is 0 Å². The molecule has 1 aliphatic rings. The van der Waals surface area contributed by atoms with Crippen molar-refractivity contribution < 1.29 is 4.74 Å². The van der Waals surface area contributed by atoms with Crippen LogP contribution < -0.4 is 5.32 Å². The molecule has 0 aromatic heterocycles. The molecule has 1 saturated carbocycles. The van der Waals surface area contributed by atoms with Crippen molar-refractivity contribution in [2.75, 3.05) is 26.8 Å². The van der Waals surface area contributed by atoms with Crippen LogP contribution in [0.3, 0.4) is 0 Å². The van der Waals surface area contributed by atoms with Crippen LogP contribution in [-0.4, -0.2) is 26.8 Å². The Balaban J connectivity index is 2.01. The van der Waals surface area contributed by atoms with Gasteiger partial charge in [0.2, 0.25) is 0 Å². The third-order valence-corrected chi connectivity index (χ3v) is 3.43. The van der Waals surface area contributed by atoms with Gasteiger partial charge < -0.3 is 10.1 Å². The van der Waals surface area contributed by atoms with Crippen LogP contribution in [0, 0.1) is 11.3 Å². The third-order valence-electron chi connectivity index (χ3n) is 3.43. The molecule has 0 unspecified atom stereocenters. The van der Waals surface area contributed by atoms with E-state index in [0.717, 1.165) is 19.1 Å². The molecule has 0 radical (unpaired) electrons. The molecule has 0 aliphatic heterocycles. The van der Waals surface area contributed by atoms with Crippen LogP contribution in [0.25, 0.3) is 0 Å². The van der Waals surface area contributed by atoms with Crippen LogP contribution in [0.1, 0.15) is 46.0 Å². The number of ether oxygens (including phenoxy) is 1. The molecule has 2 nitrogen and oxygen atoms in total. The van der Waals surface area contributed by atoms with Gasteiger partial charge in [-0.25, -0.2) is 0 Å². The van der Waals surface area contributed by atoms with Crippen molar-refractivity contribution in [1.82, 2.24) is 5.32 Å². The Morgan fingerprint density at radius 3 is 2.60 bits per heavy atom. The Morgan fingerprint density at radius 2 is 2.07 bits per heavy atom. The summed E-state index contributed by atoms with van der Waals surface area (Å²) in [5, 5.41) is 3.50. The molecule has 0 bridgehead atoms. The molecule has 0 aromatic carbocycles. The largest absolute Gasteiger partial charge is 0.383 e. The van der Waals surface area contributed by atoms with Gasteiger partial charge in [0.15, 0.2) is 0 Å².